The minimum absolute atomic E-state index is 0.0471. The Balaban J connectivity index is 1.88. The first-order chi connectivity index (χ1) is 15.2. The number of benzene rings is 2. The first-order valence-electron chi connectivity index (χ1n) is 11.0. The van der Waals surface area contributed by atoms with Crippen molar-refractivity contribution in [3.05, 3.63) is 48.0 Å². The van der Waals surface area contributed by atoms with Crippen LogP contribution in [0.4, 0.5) is 11.4 Å². The Bertz CT molecular complexity index is 1030. The maximum Gasteiger partial charge on any atom is 0.261 e. The molecule has 1 fully saturated rings. The summed E-state index contributed by atoms with van der Waals surface area (Å²) in [5.41, 5.74) is 2.33. The summed E-state index contributed by atoms with van der Waals surface area (Å²) < 4.78 is 33.5. The number of hydrogen-bond acceptors (Lipinski definition) is 5. The Labute approximate surface area is 191 Å². The van der Waals surface area contributed by atoms with E-state index in [4.69, 9.17) is 4.74 Å². The lowest BCUT2D eigenvalue weighted by molar-refractivity contribution is -0.132. The van der Waals surface area contributed by atoms with Crippen molar-refractivity contribution < 1.29 is 17.9 Å². The molecule has 0 aliphatic heterocycles. The molecule has 7 nitrogen and oxygen atoms in total. The lowest BCUT2D eigenvalue weighted by atomic mass is 9.93. The van der Waals surface area contributed by atoms with Gasteiger partial charge in [-0.3, -0.25) is 9.52 Å². The maximum atomic E-state index is 12.9. The van der Waals surface area contributed by atoms with Gasteiger partial charge in [0.15, 0.2) is 0 Å². The van der Waals surface area contributed by atoms with Crippen molar-refractivity contribution in [2.24, 2.45) is 0 Å². The normalized spacial score (nSPS) is 14.6. The molecular weight excluding hydrogens is 426 g/mol. The highest BCUT2D eigenvalue weighted by atomic mass is 32.2. The van der Waals surface area contributed by atoms with Crippen LogP contribution in [0.2, 0.25) is 0 Å². The van der Waals surface area contributed by atoms with Crippen LogP contribution in [0.3, 0.4) is 0 Å². The summed E-state index contributed by atoms with van der Waals surface area (Å²) in [6.07, 6.45) is 5.52. The molecule has 2 aromatic rings. The summed E-state index contributed by atoms with van der Waals surface area (Å²) in [5.74, 6) is 0.638. The highest BCUT2D eigenvalue weighted by Crippen LogP contribution is 2.30. The minimum Gasteiger partial charge on any atom is -0.497 e. The van der Waals surface area contributed by atoms with Gasteiger partial charge in [0.2, 0.25) is 5.91 Å². The summed E-state index contributed by atoms with van der Waals surface area (Å²) in [5, 5.41) is 0. The second-order valence-electron chi connectivity index (χ2n) is 8.46. The molecule has 8 heteroatoms. The fraction of sp³-hybridized carbons (Fsp3) is 0.458. The van der Waals surface area contributed by atoms with Crippen molar-refractivity contribution >= 4 is 27.3 Å². The van der Waals surface area contributed by atoms with E-state index >= 15 is 0 Å². The molecule has 1 N–H and O–H groups in total. The Morgan fingerprint density at radius 2 is 1.72 bits per heavy atom. The molecule has 0 spiro atoms. The maximum absolute atomic E-state index is 12.9. The molecule has 0 radical (unpaired) electrons. The zero-order chi connectivity index (χ0) is 23.3. The summed E-state index contributed by atoms with van der Waals surface area (Å²) in [6, 6.07) is 12.0. The third kappa shape index (κ3) is 5.73. The lowest BCUT2D eigenvalue weighted by Gasteiger charge is -2.34. The fourth-order valence-corrected chi connectivity index (χ4v) is 5.30. The van der Waals surface area contributed by atoms with Crippen molar-refractivity contribution in [1.29, 1.82) is 0 Å². The van der Waals surface area contributed by atoms with E-state index in [0.717, 1.165) is 36.9 Å². The van der Waals surface area contributed by atoms with Crippen molar-refractivity contribution in [2.75, 3.05) is 30.8 Å². The van der Waals surface area contributed by atoms with Crippen LogP contribution in [-0.4, -0.2) is 46.5 Å². The quantitative estimate of drug-likeness (QED) is 0.639. The fourth-order valence-electron chi connectivity index (χ4n) is 4.25. The molecular formula is C24H33N3O4S. The number of methoxy groups -OCH3 is 1. The molecule has 174 valence electrons. The van der Waals surface area contributed by atoms with Gasteiger partial charge in [-0.15, -0.1) is 0 Å². The number of carbonyl (C=O) groups is 1. The summed E-state index contributed by atoms with van der Waals surface area (Å²) in [6.45, 7) is 2.06. The number of hydrogen-bond donors (Lipinski definition) is 1. The molecule has 0 aromatic heterocycles. The molecule has 0 unspecified atom stereocenters. The predicted octanol–water partition coefficient (Wildman–Crippen LogP) is 4.24. The summed E-state index contributed by atoms with van der Waals surface area (Å²) >= 11 is 0. The predicted molar refractivity (Wildman–Crippen MR) is 128 cm³/mol. The van der Waals surface area contributed by atoms with Gasteiger partial charge < -0.3 is 14.5 Å². The van der Waals surface area contributed by atoms with Crippen molar-refractivity contribution in [2.45, 2.75) is 56.5 Å². The Morgan fingerprint density at radius 3 is 2.28 bits per heavy atom. The number of carbonyl (C=O) groups excluding carboxylic acids is 1. The van der Waals surface area contributed by atoms with Crippen LogP contribution < -0.4 is 14.4 Å². The second-order valence-corrected chi connectivity index (χ2v) is 10.1. The molecule has 1 amide bonds. The van der Waals surface area contributed by atoms with E-state index in [0.29, 0.717) is 18.0 Å². The SMILES string of the molecule is COc1ccc(S(=O)(=O)Nc2ccc(N(C)C)c(CN(C(C)=O)C3CCCCC3)c2)cc1. The number of amides is 1. The molecule has 1 aliphatic carbocycles. The van der Waals surface area contributed by atoms with Crippen LogP contribution in [0.15, 0.2) is 47.4 Å². The van der Waals surface area contributed by atoms with Gasteiger partial charge in [-0.1, -0.05) is 19.3 Å². The first-order valence-corrected chi connectivity index (χ1v) is 12.4. The van der Waals surface area contributed by atoms with E-state index in [9.17, 15) is 13.2 Å². The van der Waals surface area contributed by atoms with Crippen LogP contribution in [-0.2, 0) is 21.4 Å². The smallest absolute Gasteiger partial charge is 0.261 e. The highest BCUT2D eigenvalue weighted by Gasteiger charge is 2.25. The summed E-state index contributed by atoms with van der Waals surface area (Å²) in [7, 11) is 1.67. The van der Waals surface area contributed by atoms with Crippen LogP contribution >= 0.6 is 0 Å². The van der Waals surface area contributed by atoms with Gasteiger partial charge in [0.05, 0.1) is 12.0 Å². The van der Waals surface area contributed by atoms with Gasteiger partial charge in [0.1, 0.15) is 5.75 Å². The number of anilines is 2. The van der Waals surface area contributed by atoms with Crippen LogP contribution in [0, 0.1) is 0 Å². The van der Waals surface area contributed by atoms with Gasteiger partial charge in [0, 0.05) is 45.0 Å². The number of nitrogens with zero attached hydrogens (tertiary/aromatic N) is 2. The monoisotopic (exact) mass is 459 g/mol. The van der Waals surface area contributed by atoms with E-state index in [2.05, 4.69) is 4.72 Å². The molecule has 1 saturated carbocycles. The molecule has 0 saturated heterocycles. The Morgan fingerprint density at radius 1 is 1.06 bits per heavy atom. The molecule has 32 heavy (non-hydrogen) atoms. The zero-order valence-corrected chi connectivity index (χ0v) is 20.1. The van der Waals surface area contributed by atoms with E-state index in [1.165, 1.54) is 25.7 Å². The molecule has 3 rings (SSSR count). The Kier molecular flexibility index (Phi) is 7.66. The average Bonchev–Trinajstić information content (AvgIpc) is 2.77. The Hall–Kier alpha value is -2.74. The van der Waals surface area contributed by atoms with Crippen LogP contribution in [0.25, 0.3) is 0 Å². The number of rotatable bonds is 8. The highest BCUT2D eigenvalue weighted by molar-refractivity contribution is 7.92. The number of ether oxygens (including phenoxy) is 1. The van der Waals surface area contributed by atoms with Crippen molar-refractivity contribution in [3.63, 3.8) is 0 Å². The zero-order valence-electron chi connectivity index (χ0n) is 19.3. The minimum atomic E-state index is -3.75. The van der Waals surface area contributed by atoms with Gasteiger partial charge in [0.25, 0.3) is 10.0 Å². The molecule has 0 heterocycles. The second kappa shape index (κ2) is 10.3. The van der Waals surface area contributed by atoms with E-state index in [1.54, 1.807) is 25.1 Å². The molecule has 2 aromatic carbocycles. The standard InChI is InChI=1S/C24H33N3O4S/c1-18(28)27(21-8-6-5-7-9-21)17-19-16-20(10-15-24(19)26(2)3)25-32(29,30)23-13-11-22(31-4)12-14-23/h10-16,21,25H,5-9,17H2,1-4H3. The van der Waals surface area contributed by atoms with E-state index < -0.39 is 10.0 Å². The largest absolute Gasteiger partial charge is 0.497 e. The molecule has 0 bridgehead atoms. The van der Waals surface area contributed by atoms with Crippen LogP contribution in [0.5, 0.6) is 5.75 Å². The summed E-state index contributed by atoms with van der Waals surface area (Å²) in [4.78, 5) is 16.5. The first kappa shape index (κ1) is 23.9. The van der Waals surface area contributed by atoms with Crippen molar-refractivity contribution in [3.8, 4) is 5.75 Å². The van der Waals surface area contributed by atoms with Gasteiger partial charge in [-0.2, -0.15) is 0 Å². The van der Waals surface area contributed by atoms with Gasteiger partial charge in [-0.05, 0) is 60.9 Å². The van der Waals surface area contributed by atoms with Gasteiger partial charge in [-0.25, -0.2) is 8.42 Å². The average molecular weight is 460 g/mol. The number of sulfonamides is 1. The van der Waals surface area contributed by atoms with Crippen LogP contribution in [0.1, 0.15) is 44.6 Å². The lowest BCUT2D eigenvalue weighted by Crippen LogP contribution is -2.39. The third-order valence-electron chi connectivity index (χ3n) is 5.94. The van der Waals surface area contributed by atoms with E-state index in [-0.39, 0.29) is 16.8 Å². The molecule has 0 atom stereocenters. The molecule has 1 aliphatic rings. The topological polar surface area (TPSA) is 79.0 Å². The number of nitrogens with one attached hydrogen (secondary N) is 1. The third-order valence-corrected chi connectivity index (χ3v) is 7.34. The van der Waals surface area contributed by atoms with E-state index in [1.807, 2.05) is 36.0 Å². The van der Waals surface area contributed by atoms with Gasteiger partial charge >= 0.3 is 0 Å². The van der Waals surface area contributed by atoms with Crippen molar-refractivity contribution in [1.82, 2.24) is 4.90 Å².